The molecule has 2 heterocycles. The van der Waals surface area contributed by atoms with E-state index >= 15 is 0 Å². The summed E-state index contributed by atoms with van der Waals surface area (Å²) in [6, 6.07) is 9.16. The van der Waals surface area contributed by atoms with Crippen LogP contribution in [-0.4, -0.2) is 44.8 Å². The van der Waals surface area contributed by atoms with Gasteiger partial charge in [-0.1, -0.05) is 18.2 Å². The van der Waals surface area contributed by atoms with Crippen molar-refractivity contribution in [3.8, 4) is 0 Å². The number of carbonyl (C=O) groups excluding carboxylic acids is 1. The first-order valence-electron chi connectivity index (χ1n) is 9.04. The first-order valence-corrected chi connectivity index (χ1v) is 9.04. The fraction of sp³-hybridized carbons (Fsp3) is 0.450. The molecule has 1 aromatic carbocycles. The predicted octanol–water partition coefficient (Wildman–Crippen LogP) is 2.68. The summed E-state index contributed by atoms with van der Waals surface area (Å²) in [6.07, 6.45) is 2.55. The number of amides is 1. The van der Waals surface area contributed by atoms with Crippen LogP contribution in [0.1, 0.15) is 40.2 Å². The molecule has 1 aliphatic heterocycles. The Morgan fingerprint density at radius 3 is 2.50 bits per heavy atom. The van der Waals surface area contributed by atoms with Gasteiger partial charge < -0.3 is 10.0 Å². The minimum Gasteiger partial charge on any atom is -0.478 e. The number of carboxylic acids is 1. The van der Waals surface area contributed by atoms with Crippen molar-refractivity contribution < 1.29 is 14.7 Å². The summed E-state index contributed by atoms with van der Waals surface area (Å²) in [7, 11) is 0. The topological polar surface area (TPSA) is 75.4 Å². The Kier molecular flexibility index (Phi) is 5.40. The molecule has 1 saturated heterocycles. The van der Waals surface area contributed by atoms with Crippen molar-refractivity contribution >= 4 is 11.9 Å². The van der Waals surface area contributed by atoms with Gasteiger partial charge in [-0.05, 0) is 56.7 Å². The van der Waals surface area contributed by atoms with Crippen LogP contribution < -0.4 is 0 Å². The lowest BCUT2D eigenvalue weighted by Crippen LogP contribution is -2.40. The lowest BCUT2D eigenvalue weighted by molar-refractivity contribution is -0.133. The molecule has 0 saturated carbocycles. The molecule has 0 spiro atoms. The fourth-order valence-corrected chi connectivity index (χ4v) is 3.67. The van der Waals surface area contributed by atoms with Gasteiger partial charge in [0, 0.05) is 18.8 Å². The Morgan fingerprint density at radius 1 is 1.19 bits per heavy atom. The van der Waals surface area contributed by atoms with Gasteiger partial charge in [-0.15, -0.1) is 0 Å². The van der Waals surface area contributed by atoms with E-state index in [1.165, 1.54) is 0 Å². The third-order valence-corrected chi connectivity index (χ3v) is 5.11. The maximum atomic E-state index is 12.5. The number of rotatable bonds is 5. The van der Waals surface area contributed by atoms with Gasteiger partial charge in [0.25, 0.3) is 0 Å². The Morgan fingerprint density at radius 2 is 1.88 bits per heavy atom. The molecule has 6 heteroatoms. The number of hydrogen-bond donors (Lipinski definition) is 1. The number of aromatic carboxylic acids is 1. The SMILES string of the molecule is Cc1cc(C)n(CC(=O)N2CCC(Cc3ccccc3C(=O)O)CC2)n1. The molecule has 0 atom stereocenters. The number of hydrogen-bond acceptors (Lipinski definition) is 3. The average Bonchev–Trinajstić information content (AvgIpc) is 2.93. The highest BCUT2D eigenvalue weighted by Crippen LogP contribution is 2.24. The largest absolute Gasteiger partial charge is 0.478 e. The van der Waals surface area contributed by atoms with Crippen LogP contribution in [-0.2, 0) is 17.8 Å². The van der Waals surface area contributed by atoms with Gasteiger partial charge in [0.2, 0.25) is 5.91 Å². The second-order valence-electron chi connectivity index (χ2n) is 7.08. The van der Waals surface area contributed by atoms with Crippen LogP contribution in [0.3, 0.4) is 0 Å². The summed E-state index contributed by atoms with van der Waals surface area (Å²) >= 11 is 0. The molecule has 1 amide bonds. The van der Waals surface area contributed by atoms with Crippen LogP contribution >= 0.6 is 0 Å². The lowest BCUT2D eigenvalue weighted by Gasteiger charge is -2.32. The molecule has 0 bridgehead atoms. The second kappa shape index (κ2) is 7.72. The minimum absolute atomic E-state index is 0.0978. The Balaban J connectivity index is 1.55. The summed E-state index contributed by atoms with van der Waals surface area (Å²) in [5, 5.41) is 13.7. The number of nitrogens with zero attached hydrogens (tertiary/aromatic N) is 3. The van der Waals surface area contributed by atoms with E-state index in [4.69, 9.17) is 0 Å². The van der Waals surface area contributed by atoms with Crippen molar-refractivity contribution in [3.05, 3.63) is 52.8 Å². The second-order valence-corrected chi connectivity index (χ2v) is 7.08. The summed E-state index contributed by atoms with van der Waals surface area (Å²) in [5.74, 6) is -0.369. The van der Waals surface area contributed by atoms with Crippen LogP contribution in [0.15, 0.2) is 30.3 Å². The number of carboxylic acid groups (broad SMARTS) is 1. The standard InChI is InChI=1S/C20H25N3O3/c1-14-11-15(2)23(21-14)13-19(24)22-9-7-16(8-10-22)12-17-5-3-4-6-18(17)20(25)26/h3-6,11,16H,7-10,12-13H2,1-2H3,(H,25,26). The highest BCUT2D eigenvalue weighted by molar-refractivity contribution is 5.89. The zero-order valence-corrected chi connectivity index (χ0v) is 15.3. The van der Waals surface area contributed by atoms with Crippen molar-refractivity contribution in [1.82, 2.24) is 14.7 Å². The van der Waals surface area contributed by atoms with Crippen molar-refractivity contribution in [2.24, 2.45) is 5.92 Å². The third-order valence-electron chi connectivity index (χ3n) is 5.11. The summed E-state index contributed by atoms with van der Waals surface area (Å²) in [4.78, 5) is 25.8. The highest BCUT2D eigenvalue weighted by atomic mass is 16.4. The van der Waals surface area contributed by atoms with Crippen LogP contribution in [0.2, 0.25) is 0 Å². The van der Waals surface area contributed by atoms with Gasteiger partial charge in [-0.25, -0.2) is 4.79 Å². The minimum atomic E-state index is -0.877. The smallest absolute Gasteiger partial charge is 0.335 e. The maximum Gasteiger partial charge on any atom is 0.335 e. The highest BCUT2D eigenvalue weighted by Gasteiger charge is 2.24. The van der Waals surface area contributed by atoms with Gasteiger partial charge in [0.05, 0.1) is 11.3 Å². The van der Waals surface area contributed by atoms with E-state index < -0.39 is 5.97 Å². The first-order chi connectivity index (χ1) is 12.4. The number of piperidine rings is 1. The first kappa shape index (κ1) is 18.2. The quantitative estimate of drug-likeness (QED) is 0.895. The fourth-order valence-electron chi connectivity index (χ4n) is 3.67. The van der Waals surface area contributed by atoms with Crippen molar-refractivity contribution in [1.29, 1.82) is 0 Å². The molecule has 3 rings (SSSR count). The predicted molar refractivity (Wildman–Crippen MR) is 98.1 cm³/mol. The van der Waals surface area contributed by atoms with Gasteiger partial charge in [0.15, 0.2) is 0 Å². The van der Waals surface area contributed by atoms with E-state index in [9.17, 15) is 14.7 Å². The van der Waals surface area contributed by atoms with Crippen LogP contribution in [0.5, 0.6) is 0 Å². The number of likely N-dealkylation sites (tertiary alicyclic amines) is 1. The van der Waals surface area contributed by atoms with E-state index in [-0.39, 0.29) is 12.5 Å². The third kappa shape index (κ3) is 4.12. The molecular formula is C20H25N3O3. The van der Waals surface area contributed by atoms with Gasteiger partial charge in [0.1, 0.15) is 6.54 Å². The molecule has 1 N–H and O–H groups in total. The van der Waals surface area contributed by atoms with Crippen molar-refractivity contribution in [2.45, 2.75) is 39.7 Å². The van der Waals surface area contributed by atoms with Crippen molar-refractivity contribution in [3.63, 3.8) is 0 Å². The van der Waals surface area contributed by atoms with E-state index in [0.717, 1.165) is 49.3 Å². The number of aromatic nitrogens is 2. The Bertz CT molecular complexity index is 804. The molecule has 0 radical (unpaired) electrons. The Labute approximate surface area is 153 Å². The number of carbonyl (C=O) groups is 2. The summed E-state index contributed by atoms with van der Waals surface area (Å²) < 4.78 is 1.76. The average molecular weight is 355 g/mol. The number of aryl methyl sites for hydroxylation is 2. The van der Waals surface area contributed by atoms with Crippen LogP contribution in [0.25, 0.3) is 0 Å². The van der Waals surface area contributed by atoms with E-state index in [1.54, 1.807) is 16.8 Å². The van der Waals surface area contributed by atoms with Crippen molar-refractivity contribution in [2.75, 3.05) is 13.1 Å². The summed E-state index contributed by atoms with van der Waals surface area (Å²) in [6.45, 7) is 5.61. The summed E-state index contributed by atoms with van der Waals surface area (Å²) in [5.41, 5.74) is 3.19. The van der Waals surface area contributed by atoms with Crippen LogP contribution in [0.4, 0.5) is 0 Å². The molecule has 0 unspecified atom stereocenters. The van der Waals surface area contributed by atoms with Gasteiger partial charge in [-0.3, -0.25) is 9.48 Å². The Hall–Kier alpha value is -2.63. The zero-order chi connectivity index (χ0) is 18.7. The molecule has 26 heavy (non-hydrogen) atoms. The van der Waals surface area contributed by atoms with Gasteiger partial charge in [-0.2, -0.15) is 5.10 Å². The molecule has 1 aliphatic rings. The van der Waals surface area contributed by atoms with E-state index in [0.29, 0.717) is 11.5 Å². The molecular weight excluding hydrogens is 330 g/mol. The molecule has 1 fully saturated rings. The molecule has 0 aliphatic carbocycles. The van der Waals surface area contributed by atoms with Gasteiger partial charge >= 0.3 is 5.97 Å². The maximum absolute atomic E-state index is 12.5. The molecule has 138 valence electrons. The monoisotopic (exact) mass is 355 g/mol. The molecule has 6 nitrogen and oxygen atoms in total. The molecule has 2 aromatic rings. The lowest BCUT2D eigenvalue weighted by atomic mass is 9.88. The zero-order valence-electron chi connectivity index (χ0n) is 15.3. The van der Waals surface area contributed by atoms with Crippen LogP contribution in [0, 0.1) is 19.8 Å². The van der Waals surface area contributed by atoms with E-state index in [1.807, 2.05) is 36.9 Å². The van der Waals surface area contributed by atoms with E-state index in [2.05, 4.69) is 5.10 Å². The number of benzene rings is 1. The molecule has 1 aromatic heterocycles. The normalized spacial score (nSPS) is 15.2.